The van der Waals surface area contributed by atoms with Crippen molar-refractivity contribution in [2.24, 2.45) is 0 Å². The van der Waals surface area contributed by atoms with Crippen molar-refractivity contribution in [3.8, 4) is 0 Å². The second-order valence-corrected chi connectivity index (χ2v) is 5.95. The Morgan fingerprint density at radius 1 is 1.50 bits per heavy atom. The largest absolute Gasteiger partial charge is 0.481 e. The fourth-order valence-corrected chi connectivity index (χ4v) is 3.51. The van der Waals surface area contributed by atoms with Gasteiger partial charge in [0.15, 0.2) is 0 Å². The number of carbonyl (C=O) groups is 1. The number of aryl methyl sites for hydroxylation is 1. The minimum absolute atomic E-state index is 0.0964. The van der Waals surface area contributed by atoms with E-state index in [1.165, 1.54) is 5.56 Å². The lowest BCUT2D eigenvalue weighted by Gasteiger charge is -2.21. The summed E-state index contributed by atoms with van der Waals surface area (Å²) in [6.07, 6.45) is 3.88. The predicted molar refractivity (Wildman–Crippen MR) is 77.7 cm³/mol. The van der Waals surface area contributed by atoms with Crippen LogP contribution in [0.15, 0.2) is 35.8 Å². The molecule has 2 heterocycles. The summed E-state index contributed by atoms with van der Waals surface area (Å²) in [4.78, 5) is 16.6. The first kappa shape index (κ1) is 13.3. The number of nitrogens with one attached hydrogen (secondary N) is 1. The van der Waals surface area contributed by atoms with Crippen molar-refractivity contribution < 1.29 is 9.90 Å². The van der Waals surface area contributed by atoms with Gasteiger partial charge in [-0.3, -0.25) is 9.78 Å². The molecule has 5 heteroatoms. The Morgan fingerprint density at radius 3 is 3.15 bits per heavy atom. The average Bonchev–Trinajstić information content (AvgIpc) is 3.07. The molecule has 0 saturated heterocycles. The van der Waals surface area contributed by atoms with E-state index in [9.17, 15) is 4.79 Å². The lowest BCUT2D eigenvalue weighted by Crippen LogP contribution is -2.27. The van der Waals surface area contributed by atoms with Crippen LogP contribution in [-0.4, -0.2) is 16.1 Å². The van der Waals surface area contributed by atoms with Gasteiger partial charge in [0.25, 0.3) is 0 Å². The summed E-state index contributed by atoms with van der Waals surface area (Å²) in [5.41, 5.74) is 2.34. The van der Waals surface area contributed by atoms with Crippen LogP contribution in [0.3, 0.4) is 0 Å². The molecule has 1 aliphatic carbocycles. The average molecular weight is 288 g/mol. The molecule has 4 nitrogen and oxygen atoms in total. The van der Waals surface area contributed by atoms with Crippen molar-refractivity contribution in [1.82, 2.24) is 10.3 Å². The normalized spacial score (nSPS) is 18.7. The fraction of sp³-hybridized carbons (Fsp3) is 0.333. The van der Waals surface area contributed by atoms with Crippen LogP contribution < -0.4 is 5.32 Å². The maximum absolute atomic E-state index is 11.1. The molecule has 2 aromatic rings. The molecule has 0 aliphatic heterocycles. The highest BCUT2D eigenvalue weighted by molar-refractivity contribution is 7.10. The molecule has 20 heavy (non-hydrogen) atoms. The van der Waals surface area contributed by atoms with Crippen LogP contribution in [0.25, 0.3) is 0 Å². The zero-order chi connectivity index (χ0) is 13.9. The first-order valence-electron chi connectivity index (χ1n) is 6.69. The molecule has 0 spiro atoms. The highest BCUT2D eigenvalue weighted by atomic mass is 32.1. The molecule has 2 atom stereocenters. The third-order valence-electron chi connectivity index (χ3n) is 3.63. The lowest BCUT2D eigenvalue weighted by molar-refractivity contribution is -0.137. The van der Waals surface area contributed by atoms with Gasteiger partial charge in [-0.15, -0.1) is 11.3 Å². The summed E-state index contributed by atoms with van der Waals surface area (Å²) in [5.74, 6) is -0.782. The van der Waals surface area contributed by atoms with Gasteiger partial charge in [-0.05, 0) is 35.9 Å². The number of fused-ring (bicyclic) bond motifs is 1. The van der Waals surface area contributed by atoms with E-state index in [0.717, 1.165) is 23.4 Å². The summed E-state index contributed by atoms with van der Waals surface area (Å²) in [6, 6.07) is 8.00. The molecule has 0 saturated carbocycles. The van der Waals surface area contributed by atoms with E-state index >= 15 is 0 Å². The van der Waals surface area contributed by atoms with Crippen LogP contribution in [0.1, 0.15) is 41.1 Å². The van der Waals surface area contributed by atoms with Crippen molar-refractivity contribution in [1.29, 1.82) is 0 Å². The molecular formula is C15H16N2O2S. The van der Waals surface area contributed by atoms with Crippen molar-refractivity contribution in [2.75, 3.05) is 0 Å². The minimum atomic E-state index is -0.782. The van der Waals surface area contributed by atoms with E-state index < -0.39 is 5.97 Å². The number of rotatable bonds is 5. The number of hydrogen-bond donors (Lipinski definition) is 2. The van der Waals surface area contributed by atoms with E-state index in [-0.39, 0.29) is 18.5 Å². The second-order valence-electron chi connectivity index (χ2n) is 4.97. The number of aliphatic carboxylic acids is 1. The Bertz CT molecular complexity index is 598. The Balaban J connectivity index is 1.79. The Labute approximate surface area is 121 Å². The van der Waals surface area contributed by atoms with Crippen LogP contribution in [0.2, 0.25) is 0 Å². The van der Waals surface area contributed by atoms with Crippen molar-refractivity contribution in [2.45, 2.75) is 31.3 Å². The topological polar surface area (TPSA) is 62.2 Å². The van der Waals surface area contributed by atoms with Gasteiger partial charge in [0.2, 0.25) is 0 Å². The van der Waals surface area contributed by atoms with Gasteiger partial charge in [-0.2, -0.15) is 0 Å². The summed E-state index contributed by atoms with van der Waals surface area (Å²) in [6.45, 7) is 0. The van der Waals surface area contributed by atoms with E-state index in [1.54, 1.807) is 17.5 Å². The number of carboxylic acid groups (broad SMARTS) is 1. The highest BCUT2D eigenvalue weighted by Crippen LogP contribution is 2.33. The number of nitrogens with zero attached hydrogens (tertiary/aromatic N) is 1. The molecule has 2 aromatic heterocycles. The first-order chi connectivity index (χ1) is 9.74. The van der Waals surface area contributed by atoms with Gasteiger partial charge in [-0.1, -0.05) is 12.1 Å². The van der Waals surface area contributed by atoms with E-state index in [2.05, 4.69) is 16.4 Å². The van der Waals surface area contributed by atoms with Crippen molar-refractivity contribution in [3.05, 3.63) is 52.0 Å². The van der Waals surface area contributed by atoms with Crippen LogP contribution in [0, 0.1) is 0 Å². The minimum Gasteiger partial charge on any atom is -0.481 e. The first-order valence-corrected chi connectivity index (χ1v) is 7.57. The summed E-state index contributed by atoms with van der Waals surface area (Å²) < 4.78 is 0. The Kier molecular flexibility index (Phi) is 3.80. The van der Waals surface area contributed by atoms with Gasteiger partial charge in [0, 0.05) is 11.1 Å². The summed E-state index contributed by atoms with van der Waals surface area (Å²) in [5, 5.41) is 14.6. The van der Waals surface area contributed by atoms with Gasteiger partial charge in [0.1, 0.15) is 0 Å². The second kappa shape index (κ2) is 5.73. The molecule has 104 valence electrons. The molecule has 3 rings (SSSR count). The van der Waals surface area contributed by atoms with Crippen LogP contribution in [-0.2, 0) is 11.2 Å². The van der Waals surface area contributed by atoms with E-state index in [4.69, 9.17) is 5.11 Å². The summed E-state index contributed by atoms with van der Waals surface area (Å²) >= 11 is 1.59. The summed E-state index contributed by atoms with van der Waals surface area (Å²) in [7, 11) is 0. The quantitative estimate of drug-likeness (QED) is 0.888. The molecule has 0 amide bonds. The maximum Gasteiger partial charge on any atom is 0.305 e. The molecule has 0 fully saturated rings. The van der Waals surface area contributed by atoms with Crippen LogP contribution in [0.4, 0.5) is 0 Å². The highest BCUT2D eigenvalue weighted by Gasteiger charge is 2.27. The van der Waals surface area contributed by atoms with Gasteiger partial charge < -0.3 is 10.4 Å². The van der Waals surface area contributed by atoms with Gasteiger partial charge >= 0.3 is 5.97 Å². The van der Waals surface area contributed by atoms with E-state index in [1.807, 2.05) is 23.6 Å². The standard InChI is InChI=1S/C15H16N2O2S/c18-14(19)9-12(13-4-2-8-20-13)17-11-6-5-10-3-1-7-16-15(10)11/h1-4,7-8,11-12,17H,5-6,9H2,(H,18,19). The zero-order valence-corrected chi connectivity index (χ0v) is 11.8. The van der Waals surface area contributed by atoms with Gasteiger partial charge in [0.05, 0.1) is 24.2 Å². The molecule has 2 unspecified atom stereocenters. The third kappa shape index (κ3) is 2.73. The van der Waals surface area contributed by atoms with Gasteiger partial charge in [-0.25, -0.2) is 0 Å². The SMILES string of the molecule is O=C(O)CC(NC1CCc2cccnc21)c1cccs1. The molecule has 0 bridgehead atoms. The number of hydrogen-bond acceptors (Lipinski definition) is 4. The molecular weight excluding hydrogens is 272 g/mol. The molecule has 1 aliphatic rings. The number of carboxylic acids is 1. The Morgan fingerprint density at radius 2 is 2.40 bits per heavy atom. The van der Waals surface area contributed by atoms with E-state index in [0.29, 0.717) is 0 Å². The molecule has 0 radical (unpaired) electrons. The smallest absolute Gasteiger partial charge is 0.305 e. The van der Waals surface area contributed by atoms with Crippen molar-refractivity contribution in [3.63, 3.8) is 0 Å². The monoisotopic (exact) mass is 288 g/mol. The molecule has 0 aromatic carbocycles. The number of aromatic nitrogens is 1. The molecule has 2 N–H and O–H groups in total. The lowest BCUT2D eigenvalue weighted by atomic mass is 10.1. The Hall–Kier alpha value is -1.72. The number of pyridine rings is 1. The predicted octanol–water partition coefficient (Wildman–Crippen LogP) is 2.94. The van der Waals surface area contributed by atoms with Crippen LogP contribution in [0.5, 0.6) is 0 Å². The van der Waals surface area contributed by atoms with Crippen LogP contribution >= 0.6 is 11.3 Å². The number of thiophene rings is 1. The fourth-order valence-electron chi connectivity index (χ4n) is 2.72. The maximum atomic E-state index is 11.1. The van der Waals surface area contributed by atoms with Crippen molar-refractivity contribution >= 4 is 17.3 Å². The third-order valence-corrected chi connectivity index (χ3v) is 4.61. The zero-order valence-electron chi connectivity index (χ0n) is 11.0.